The summed E-state index contributed by atoms with van der Waals surface area (Å²) in [6.07, 6.45) is 0. The molecule has 3 rings (SSSR count). The number of benzene rings is 2. The fraction of sp³-hybridized carbons (Fsp3) is 0.316. The predicted octanol–water partition coefficient (Wildman–Crippen LogP) is 3.09. The number of piperazine rings is 1. The number of halogens is 4. The maximum atomic E-state index is 14.2. The highest BCUT2D eigenvalue weighted by atomic mass is 32.2. The van der Waals surface area contributed by atoms with Crippen molar-refractivity contribution in [3.8, 4) is 5.75 Å². The molecule has 0 saturated carbocycles. The molecule has 1 amide bonds. The molecule has 1 aliphatic rings. The van der Waals surface area contributed by atoms with Crippen molar-refractivity contribution in [2.24, 2.45) is 0 Å². The van der Waals surface area contributed by atoms with E-state index in [1.54, 1.807) is 11.0 Å². The van der Waals surface area contributed by atoms with Crippen molar-refractivity contribution in [2.75, 3.05) is 38.2 Å². The molecule has 0 unspecified atom stereocenters. The molecular weight excluding hydrogens is 428 g/mol. The van der Waals surface area contributed by atoms with E-state index in [1.807, 2.05) is 0 Å². The molecule has 162 valence electrons. The Kier molecular flexibility index (Phi) is 5.93. The van der Waals surface area contributed by atoms with Gasteiger partial charge in [-0.15, -0.1) is 0 Å². The molecule has 2 aromatic carbocycles. The van der Waals surface area contributed by atoms with Gasteiger partial charge in [0.15, 0.2) is 0 Å². The Hall–Kier alpha value is -2.82. The van der Waals surface area contributed by atoms with Crippen LogP contribution in [0.4, 0.5) is 23.2 Å². The number of ether oxygens (including phenoxy) is 1. The fourth-order valence-electron chi connectivity index (χ4n) is 3.21. The quantitative estimate of drug-likeness (QED) is 0.676. The molecule has 0 aliphatic carbocycles. The summed E-state index contributed by atoms with van der Waals surface area (Å²) in [6.45, 7) is 0.881. The Bertz CT molecular complexity index is 1050. The number of hydrogen-bond donors (Lipinski definition) is 0. The van der Waals surface area contributed by atoms with Crippen molar-refractivity contribution < 1.29 is 35.5 Å². The molecular formula is C19H18F4N2O4S. The van der Waals surface area contributed by atoms with Gasteiger partial charge in [-0.25, -0.2) is 12.8 Å². The number of nitrogens with zero attached hydrogens (tertiary/aromatic N) is 2. The van der Waals surface area contributed by atoms with Gasteiger partial charge in [0.2, 0.25) is 0 Å². The van der Waals surface area contributed by atoms with Gasteiger partial charge < -0.3 is 14.5 Å². The van der Waals surface area contributed by atoms with Crippen molar-refractivity contribution in [1.29, 1.82) is 0 Å². The summed E-state index contributed by atoms with van der Waals surface area (Å²) in [7, 11) is -4.14. The molecule has 0 spiro atoms. The standard InChI is InChI=1S/C19H18F4N2O4S/c1-29-16-7-3-6-15(20)17(16)24-8-10-25(11-9-24)18(26)13-4-2-5-14(12-13)30(27,28)19(21,22)23/h2-7,12H,8-11H2,1H3. The smallest absolute Gasteiger partial charge is 0.494 e. The van der Waals surface area contributed by atoms with Crippen LogP contribution in [0, 0.1) is 5.82 Å². The van der Waals surface area contributed by atoms with Crippen molar-refractivity contribution in [3.63, 3.8) is 0 Å². The van der Waals surface area contributed by atoms with Crippen LogP contribution in [-0.2, 0) is 9.84 Å². The van der Waals surface area contributed by atoms with Gasteiger partial charge in [-0.05, 0) is 30.3 Å². The lowest BCUT2D eigenvalue weighted by atomic mass is 10.1. The first-order valence-electron chi connectivity index (χ1n) is 8.84. The predicted molar refractivity (Wildman–Crippen MR) is 101 cm³/mol. The molecule has 1 aliphatic heterocycles. The van der Waals surface area contributed by atoms with Crippen LogP contribution in [-0.4, -0.2) is 58.0 Å². The minimum atomic E-state index is -5.55. The van der Waals surface area contributed by atoms with E-state index in [0.29, 0.717) is 5.75 Å². The van der Waals surface area contributed by atoms with Gasteiger partial charge >= 0.3 is 5.51 Å². The summed E-state index contributed by atoms with van der Waals surface area (Å²) in [5.74, 6) is -0.728. The Morgan fingerprint density at radius 2 is 1.67 bits per heavy atom. The zero-order valence-corrected chi connectivity index (χ0v) is 16.6. The summed E-state index contributed by atoms with van der Waals surface area (Å²) in [5, 5.41) is 0. The molecule has 1 heterocycles. The Labute approximate surface area is 170 Å². The number of rotatable bonds is 4. The molecule has 0 bridgehead atoms. The van der Waals surface area contributed by atoms with Crippen molar-refractivity contribution in [1.82, 2.24) is 4.90 Å². The number of amides is 1. The number of para-hydroxylation sites is 1. The molecule has 2 aromatic rings. The van der Waals surface area contributed by atoms with Gasteiger partial charge in [-0.3, -0.25) is 4.79 Å². The van der Waals surface area contributed by atoms with Crippen LogP contribution >= 0.6 is 0 Å². The van der Waals surface area contributed by atoms with Gasteiger partial charge in [0, 0.05) is 31.7 Å². The van der Waals surface area contributed by atoms with E-state index in [4.69, 9.17) is 4.74 Å². The van der Waals surface area contributed by atoms with Crippen molar-refractivity contribution in [3.05, 3.63) is 53.8 Å². The van der Waals surface area contributed by atoms with Gasteiger partial charge in [0.25, 0.3) is 15.7 Å². The number of anilines is 1. The third kappa shape index (κ3) is 4.07. The maximum absolute atomic E-state index is 14.2. The third-order valence-electron chi connectivity index (χ3n) is 4.75. The number of alkyl halides is 3. The van der Waals surface area contributed by atoms with Crippen LogP contribution in [0.15, 0.2) is 47.4 Å². The molecule has 0 aromatic heterocycles. The minimum Gasteiger partial charge on any atom is -0.494 e. The summed E-state index contributed by atoms with van der Waals surface area (Å²) in [5.41, 5.74) is -5.36. The van der Waals surface area contributed by atoms with E-state index in [1.165, 1.54) is 30.2 Å². The highest BCUT2D eigenvalue weighted by molar-refractivity contribution is 7.92. The highest BCUT2D eigenvalue weighted by Crippen LogP contribution is 2.33. The van der Waals surface area contributed by atoms with Crippen LogP contribution < -0.4 is 9.64 Å². The third-order valence-corrected chi connectivity index (χ3v) is 6.23. The lowest BCUT2D eigenvalue weighted by Crippen LogP contribution is -2.49. The average molecular weight is 446 g/mol. The van der Waals surface area contributed by atoms with E-state index >= 15 is 0 Å². The SMILES string of the molecule is COc1cccc(F)c1N1CCN(C(=O)c2cccc(S(=O)(=O)C(F)(F)F)c2)CC1. The van der Waals surface area contributed by atoms with E-state index in [2.05, 4.69) is 0 Å². The molecule has 0 radical (unpaired) electrons. The maximum Gasteiger partial charge on any atom is 0.501 e. The van der Waals surface area contributed by atoms with Crippen LogP contribution in [0.5, 0.6) is 5.75 Å². The Morgan fingerprint density at radius 3 is 2.27 bits per heavy atom. The number of hydrogen-bond acceptors (Lipinski definition) is 5. The molecule has 30 heavy (non-hydrogen) atoms. The lowest BCUT2D eigenvalue weighted by molar-refractivity contribution is -0.0436. The number of carbonyl (C=O) groups is 1. The monoisotopic (exact) mass is 446 g/mol. The number of methoxy groups -OCH3 is 1. The summed E-state index contributed by atoms with van der Waals surface area (Å²) >= 11 is 0. The molecule has 0 N–H and O–H groups in total. The highest BCUT2D eigenvalue weighted by Gasteiger charge is 2.47. The van der Waals surface area contributed by atoms with Gasteiger partial charge in [0.05, 0.1) is 12.0 Å². The van der Waals surface area contributed by atoms with Gasteiger partial charge in [0.1, 0.15) is 17.3 Å². The topological polar surface area (TPSA) is 66.9 Å². The zero-order chi connectivity index (χ0) is 22.1. The van der Waals surface area contributed by atoms with Crippen molar-refractivity contribution in [2.45, 2.75) is 10.4 Å². The zero-order valence-electron chi connectivity index (χ0n) is 15.8. The average Bonchev–Trinajstić information content (AvgIpc) is 2.72. The second kappa shape index (κ2) is 8.13. The number of sulfone groups is 1. The lowest BCUT2D eigenvalue weighted by Gasteiger charge is -2.36. The normalized spacial score (nSPS) is 15.2. The van der Waals surface area contributed by atoms with Crippen molar-refractivity contribution >= 4 is 21.4 Å². The largest absolute Gasteiger partial charge is 0.501 e. The van der Waals surface area contributed by atoms with Gasteiger partial charge in [-0.1, -0.05) is 12.1 Å². The van der Waals surface area contributed by atoms with Crippen LogP contribution in [0.1, 0.15) is 10.4 Å². The van der Waals surface area contributed by atoms with E-state index in [0.717, 1.165) is 18.2 Å². The molecule has 6 nitrogen and oxygen atoms in total. The summed E-state index contributed by atoms with van der Waals surface area (Å²) in [6, 6.07) is 8.28. The fourth-order valence-corrected chi connectivity index (χ4v) is 4.02. The van der Waals surface area contributed by atoms with E-state index < -0.39 is 32.0 Å². The Morgan fingerprint density at radius 1 is 1.03 bits per heavy atom. The summed E-state index contributed by atoms with van der Waals surface area (Å²) < 4.78 is 80.9. The molecule has 1 saturated heterocycles. The first-order valence-corrected chi connectivity index (χ1v) is 10.3. The van der Waals surface area contributed by atoms with Gasteiger partial charge in [-0.2, -0.15) is 13.2 Å². The first-order chi connectivity index (χ1) is 14.1. The molecule has 11 heteroatoms. The van der Waals surface area contributed by atoms with E-state index in [9.17, 15) is 30.8 Å². The van der Waals surface area contributed by atoms with Crippen LogP contribution in [0.3, 0.4) is 0 Å². The molecule has 0 atom stereocenters. The molecule has 1 fully saturated rings. The van der Waals surface area contributed by atoms with E-state index in [-0.39, 0.29) is 37.4 Å². The number of carbonyl (C=O) groups excluding carboxylic acids is 1. The minimum absolute atomic E-state index is 0.169. The first kappa shape index (κ1) is 21.9. The van der Waals surface area contributed by atoms with Crippen LogP contribution in [0.2, 0.25) is 0 Å². The summed E-state index contributed by atoms with van der Waals surface area (Å²) in [4.78, 5) is 14.8. The van der Waals surface area contributed by atoms with Crippen LogP contribution in [0.25, 0.3) is 0 Å². The Balaban J connectivity index is 1.76. The second-order valence-electron chi connectivity index (χ2n) is 6.55. The second-order valence-corrected chi connectivity index (χ2v) is 8.49.